The van der Waals surface area contributed by atoms with E-state index in [2.05, 4.69) is 5.32 Å². The summed E-state index contributed by atoms with van der Waals surface area (Å²) in [7, 11) is 0. The molecule has 0 bridgehead atoms. The van der Waals surface area contributed by atoms with Gasteiger partial charge in [-0.05, 0) is 30.5 Å². The summed E-state index contributed by atoms with van der Waals surface area (Å²) in [6.07, 6.45) is 3.62. The molecule has 0 aromatic heterocycles. The zero-order valence-electron chi connectivity index (χ0n) is 12.3. The fraction of sp³-hybridized carbons (Fsp3) is 0.500. The van der Waals surface area contributed by atoms with Crippen molar-refractivity contribution in [2.24, 2.45) is 0 Å². The highest BCUT2D eigenvalue weighted by Gasteiger charge is 2.42. The maximum absolute atomic E-state index is 12.6. The lowest BCUT2D eigenvalue weighted by atomic mass is 9.78. The van der Waals surface area contributed by atoms with Crippen LogP contribution in [0.3, 0.4) is 0 Å². The minimum Gasteiger partial charge on any atom is -0.480 e. The highest BCUT2D eigenvalue weighted by atomic mass is 35.5. The van der Waals surface area contributed by atoms with Gasteiger partial charge in [0.15, 0.2) is 0 Å². The van der Waals surface area contributed by atoms with Gasteiger partial charge >= 0.3 is 5.97 Å². The van der Waals surface area contributed by atoms with Crippen molar-refractivity contribution in [2.75, 3.05) is 19.8 Å². The Bertz CT molecular complexity index is 541. The molecule has 1 aliphatic rings. The van der Waals surface area contributed by atoms with E-state index in [0.29, 0.717) is 11.6 Å². The molecule has 0 aliphatic heterocycles. The van der Waals surface area contributed by atoms with E-state index in [1.165, 1.54) is 0 Å². The Balaban J connectivity index is 1.98. The SMILES string of the molecule is O=C(O)COCCNC(=O)C1(c2cccc(Cl)c2)CCCC1. The van der Waals surface area contributed by atoms with Crippen molar-refractivity contribution in [2.45, 2.75) is 31.1 Å². The van der Waals surface area contributed by atoms with E-state index in [0.717, 1.165) is 31.2 Å². The van der Waals surface area contributed by atoms with Crippen LogP contribution in [0, 0.1) is 0 Å². The molecule has 0 radical (unpaired) electrons. The summed E-state index contributed by atoms with van der Waals surface area (Å²) in [6.45, 7) is 0.132. The number of carboxylic acids is 1. The predicted octanol–water partition coefficient (Wildman–Crippen LogP) is 2.37. The number of carbonyl (C=O) groups excluding carboxylic acids is 1. The van der Waals surface area contributed by atoms with Gasteiger partial charge in [0.05, 0.1) is 12.0 Å². The lowest BCUT2D eigenvalue weighted by molar-refractivity contribution is -0.142. The number of hydrogen-bond acceptors (Lipinski definition) is 3. The van der Waals surface area contributed by atoms with Crippen LogP contribution in [0.25, 0.3) is 0 Å². The molecular weight excluding hydrogens is 306 g/mol. The lowest BCUT2D eigenvalue weighted by Gasteiger charge is -2.28. The number of ether oxygens (including phenoxy) is 1. The normalized spacial score (nSPS) is 16.4. The van der Waals surface area contributed by atoms with Crippen molar-refractivity contribution < 1.29 is 19.4 Å². The number of amides is 1. The third kappa shape index (κ3) is 3.99. The second kappa shape index (κ2) is 7.61. The van der Waals surface area contributed by atoms with Crippen molar-refractivity contribution >= 4 is 23.5 Å². The van der Waals surface area contributed by atoms with Crippen LogP contribution >= 0.6 is 11.6 Å². The first-order valence-electron chi connectivity index (χ1n) is 7.38. The average Bonchev–Trinajstić information content (AvgIpc) is 2.97. The topological polar surface area (TPSA) is 75.6 Å². The van der Waals surface area contributed by atoms with Gasteiger partial charge in [-0.25, -0.2) is 4.79 Å². The third-order valence-corrected chi connectivity index (χ3v) is 4.26. The summed E-state index contributed by atoms with van der Waals surface area (Å²) in [4.78, 5) is 23.0. The van der Waals surface area contributed by atoms with E-state index in [1.54, 1.807) is 6.07 Å². The van der Waals surface area contributed by atoms with Gasteiger partial charge in [0.25, 0.3) is 0 Å². The summed E-state index contributed by atoms with van der Waals surface area (Å²) in [5, 5.41) is 12.0. The molecule has 1 aromatic carbocycles. The smallest absolute Gasteiger partial charge is 0.329 e. The molecule has 120 valence electrons. The number of aliphatic carboxylic acids is 1. The Kier molecular flexibility index (Phi) is 5.80. The van der Waals surface area contributed by atoms with Gasteiger partial charge in [0, 0.05) is 11.6 Å². The molecule has 22 heavy (non-hydrogen) atoms. The van der Waals surface area contributed by atoms with E-state index >= 15 is 0 Å². The van der Waals surface area contributed by atoms with Gasteiger partial charge in [-0.1, -0.05) is 36.6 Å². The largest absolute Gasteiger partial charge is 0.480 e. The number of nitrogens with one attached hydrogen (secondary N) is 1. The van der Waals surface area contributed by atoms with Crippen molar-refractivity contribution in [1.29, 1.82) is 0 Å². The summed E-state index contributed by atoms with van der Waals surface area (Å²) >= 11 is 6.06. The fourth-order valence-electron chi connectivity index (χ4n) is 2.98. The first-order valence-corrected chi connectivity index (χ1v) is 7.76. The van der Waals surface area contributed by atoms with Crippen molar-refractivity contribution in [3.05, 3.63) is 34.9 Å². The van der Waals surface area contributed by atoms with Crippen LogP contribution in [0.15, 0.2) is 24.3 Å². The monoisotopic (exact) mass is 325 g/mol. The van der Waals surface area contributed by atoms with E-state index in [1.807, 2.05) is 18.2 Å². The summed E-state index contributed by atoms with van der Waals surface area (Å²) in [5.74, 6) is -1.05. The Morgan fingerprint density at radius 3 is 2.68 bits per heavy atom. The molecular formula is C16H20ClNO4. The maximum atomic E-state index is 12.6. The Labute approximate surface area is 134 Å². The van der Waals surface area contributed by atoms with Crippen molar-refractivity contribution in [3.63, 3.8) is 0 Å². The number of carbonyl (C=O) groups is 2. The molecule has 1 amide bonds. The molecule has 1 aromatic rings. The zero-order chi connectivity index (χ0) is 16.0. The van der Waals surface area contributed by atoms with Crippen LogP contribution in [-0.2, 0) is 19.7 Å². The molecule has 0 heterocycles. The molecule has 0 saturated heterocycles. The highest BCUT2D eigenvalue weighted by Crippen LogP contribution is 2.41. The first-order chi connectivity index (χ1) is 10.5. The van der Waals surface area contributed by atoms with Crippen LogP contribution in [0.4, 0.5) is 0 Å². The molecule has 1 fully saturated rings. The van der Waals surface area contributed by atoms with Gasteiger partial charge in [-0.2, -0.15) is 0 Å². The summed E-state index contributed by atoms with van der Waals surface area (Å²) in [6, 6.07) is 7.46. The van der Waals surface area contributed by atoms with Crippen LogP contribution in [-0.4, -0.2) is 36.7 Å². The van der Waals surface area contributed by atoms with Gasteiger partial charge in [0.2, 0.25) is 5.91 Å². The molecule has 0 spiro atoms. The zero-order valence-corrected chi connectivity index (χ0v) is 13.1. The van der Waals surface area contributed by atoms with Gasteiger partial charge in [-0.15, -0.1) is 0 Å². The number of benzene rings is 1. The van der Waals surface area contributed by atoms with E-state index in [4.69, 9.17) is 21.4 Å². The van der Waals surface area contributed by atoms with Crippen LogP contribution < -0.4 is 5.32 Å². The van der Waals surface area contributed by atoms with Crippen molar-refractivity contribution in [3.8, 4) is 0 Å². The Morgan fingerprint density at radius 2 is 2.05 bits per heavy atom. The minimum absolute atomic E-state index is 0.0359. The highest BCUT2D eigenvalue weighted by molar-refractivity contribution is 6.30. The molecule has 1 saturated carbocycles. The number of hydrogen-bond donors (Lipinski definition) is 2. The molecule has 1 aliphatic carbocycles. The second-order valence-electron chi connectivity index (χ2n) is 5.50. The quantitative estimate of drug-likeness (QED) is 0.755. The summed E-state index contributed by atoms with van der Waals surface area (Å²) < 4.78 is 4.93. The Hall–Kier alpha value is -1.59. The average molecular weight is 326 g/mol. The molecule has 2 rings (SSSR count). The van der Waals surface area contributed by atoms with Gasteiger partial charge < -0.3 is 15.2 Å². The van der Waals surface area contributed by atoms with Crippen LogP contribution in [0.5, 0.6) is 0 Å². The van der Waals surface area contributed by atoms with Gasteiger partial charge in [0.1, 0.15) is 6.61 Å². The van der Waals surface area contributed by atoms with Crippen molar-refractivity contribution in [1.82, 2.24) is 5.32 Å². The second-order valence-corrected chi connectivity index (χ2v) is 5.94. The lowest BCUT2D eigenvalue weighted by Crippen LogP contribution is -2.43. The standard InChI is InChI=1S/C16H20ClNO4/c17-13-5-3-4-12(10-13)16(6-1-2-7-16)15(21)18-8-9-22-11-14(19)20/h3-5,10H,1-2,6-9,11H2,(H,18,21)(H,19,20). The maximum Gasteiger partial charge on any atom is 0.329 e. The molecule has 0 unspecified atom stereocenters. The predicted molar refractivity (Wildman–Crippen MR) is 83.1 cm³/mol. The number of rotatable bonds is 7. The Morgan fingerprint density at radius 1 is 1.32 bits per heavy atom. The van der Waals surface area contributed by atoms with Crippen LogP contribution in [0.2, 0.25) is 5.02 Å². The summed E-state index contributed by atoms with van der Waals surface area (Å²) in [5.41, 5.74) is 0.416. The molecule has 2 N–H and O–H groups in total. The number of carboxylic acid groups (broad SMARTS) is 1. The van der Waals surface area contributed by atoms with Crippen LogP contribution in [0.1, 0.15) is 31.2 Å². The third-order valence-electron chi connectivity index (χ3n) is 4.03. The minimum atomic E-state index is -1.02. The number of halogens is 1. The molecule has 0 atom stereocenters. The van der Waals surface area contributed by atoms with E-state index < -0.39 is 11.4 Å². The molecule has 5 nitrogen and oxygen atoms in total. The molecule has 6 heteroatoms. The van der Waals surface area contributed by atoms with E-state index in [-0.39, 0.29) is 19.1 Å². The van der Waals surface area contributed by atoms with Gasteiger partial charge in [-0.3, -0.25) is 4.79 Å². The fourth-order valence-corrected chi connectivity index (χ4v) is 3.17. The first kappa shape index (κ1) is 16.8. The van der Waals surface area contributed by atoms with E-state index in [9.17, 15) is 9.59 Å².